The molecule has 1 aliphatic heterocycles. The van der Waals surface area contributed by atoms with Crippen LogP contribution in [0, 0.1) is 0 Å². The van der Waals surface area contributed by atoms with E-state index >= 15 is 0 Å². The average molecular weight is 566 g/mol. The van der Waals surface area contributed by atoms with E-state index in [0.29, 0.717) is 11.8 Å². The predicted molar refractivity (Wildman–Crippen MR) is 185 cm³/mol. The minimum atomic E-state index is 0.126. The molecular weight excluding hydrogens is 533 g/mol. The molecule has 6 aromatic carbocycles. The summed E-state index contributed by atoms with van der Waals surface area (Å²) in [6.07, 6.45) is 6.32. The van der Waals surface area contributed by atoms with Gasteiger partial charge in [0.1, 0.15) is 6.33 Å². The molecule has 8 rings (SSSR count). The molecule has 4 heteroatoms. The van der Waals surface area contributed by atoms with Crippen molar-refractivity contribution < 1.29 is 0 Å². The van der Waals surface area contributed by atoms with Gasteiger partial charge in [0.25, 0.3) is 6.85 Å². The van der Waals surface area contributed by atoms with Crippen molar-refractivity contribution in [2.24, 2.45) is 0 Å². The lowest BCUT2D eigenvalue weighted by atomic mass is 9.48. The van der Waals surface area contributed by atoms with Gasteiger partial charge in [0.15, 0.2) is 0 Å². The molecule has 0 fully saturated rings. The second kappa shape index (κ2) is 11.1. The summed E-state index contributed by atoms with van der Waals surface area (Å²) in [6, 6.07) is 49.2. The Morgan fingerprint density at radius 1 is 0.591 bits per heavy atom. The average Bonchev–Trinajstić information content (AvgIpc) is 3.24. The molecule has 0 spiro atoms. The smallest absolute Gasteiger partial charge is 0.294 e. The van der Waals surface area contributed by atoms with Crippen LogP contribution in [0.2, 0.25) is 6.32 Å². The highest BCUT2D eigenvalue weighted by atomic mass is 15.1. The van der Waals surface area contributed by atoms with Crippen LogP contribution in [-0.4, -0.2) is 16.8 Å². The third-order valence-corrected chi connectivity index (χ3v) is 9.48. The highest BCUT2D eigenvalue weighted by molar-refractivity contribution is 6.78. The normalized spacial score (nSPS) is 16.6. The maximum absolute atomic E-state index is 4.25. The van der Waals surface area contributed by atoms with Crippen LogP contribution in [0.25, 0.3) is 32.7 Å². The number of hydrogen-bond acceptors (Lipinski definition) is 3. The molecule has 0 bridgehead atoms. The summed E-state index contributed by atoms with van der Waals surface area (Å²) in [5.74, 6) is 0.620. The van der Waals surface area contributed by atoms with Crippen molar-refractivity contribution in [3.8, 4) is 11.1 Å². The zero-order valence-electron chi connectivity index (χ0n) is 24.7. The van der Waals surface area contributed by atoms with Gasteiger partial charge >= 0.3 is 0 Å². The minimum Gasteiger partial charge on any atom is -0.381 e. The Morgan fingerprint density at radius 3 is 1.84 bits per heavy atom. The molecule has 1 aliphatic rings. The number of nitrogens with zero attached hydrogens (tertiary/aromatic N) is 3. The van der Waals surface area contributed by atoms with E-state index in [4.69, 9.17) is 0 Å². The van der Waals surface area contributed by atoms with Crippen molar-refractivity contribution in [1.29, 1.82) is 0 Å². The highest BCUT2D eigenvalue weighted by Crippen LogP contribution is 2.52. The lowest BCUT2D eigenvalue weighted by Crippen LogP contribution is -2.46. The molecule has 3 nitrogen and oxygen atoms in total. The van der Waals surface area contributed by atoms with Gasteiger partial charge in [-0.25, -0.2) is 9.97 Å². The summed E-state index contributed by atoms with van der Waals surface area (Å²) < 4.78 is 0. The van der Waals surface area contributed by atoms with Crippen LogP contribution < -0.4 is 10.3 Å². The third kappa shape index (κ3) is 4.46. The summed E-state index contributed by atoms with van der Waals surface area (Å²) in [4.78, 5) is 11.2. The Bertz CT molecular complexity index is 2060. The van der Waals surface area contributed by atoms with Gasteiger partial charge in [-0.3, -0.25) is 0 Å². The van der Waals surface area contributed by atoms with Gasteiger partial charge in [0, 0.05) is 34.7 Å². The highest BCUT2D eigenvalue weighted by Gasteiger charge is 2.40. The topological polar surface area (TPSA) is 29.0 Å². The second-order valence-corrected chi connectivity index (χ2v) is 11.9. The summed E-state index contributed by atoms with van der Waals surface area (Å²) in [5, 5.41) is 5.25. The predicted octanol–water partition coefficient (Wildman–Crippen LogP) is 9.39. The van der Waals surface area contributed by atoms with Crippen LogP contribution in [0.15, 0.2) is 152 Å². The van der Waals surface area contributed by atoms with E-state index in [1.165, 1.54) is 49.5 Å². The number of hydrogen-bond donors (Lipinski definition) is 0. The maximum Gasteiger partial charge on any atom is 0.294 e. The molecule has 1 aromatic heterocycles. The van der Waals surface area contributed by atoms with E-state index in [9.17, 15) is 0 Å². The van der Waals surface area contributed by atoms with Gasteiger partial charge < -0.3 is 4.81 Å². The lowest BCUT2D eigenvalue weighted by molar-refractivity contribution is 0.629. The zero-order chi connectivity index (χ0) is 29.5. The molecule has 0 aliphatic carbocycles. The molecule has 210 valence electrons. The zero-order valence-corrected chi connectivity index (χ0v) is 24.7. The van der Waals surface area contributed by atoms with E-state index < -0.39 is 0 Å². The number of rotatable bonds is 4. The Hall–Kier alpha value is -5.22. The summed E-state index contributed by atoms with van der Waals surface area (Å²) >= 11 is 0. The first-order valence-electron chi connectivity index (χ1n) is 15.5. The molecule has 44 heavy (non-hydrogen) atoms. The number of aromatic nitrogens is 2. The van der Waals surface area contributed by atoms with E-state index in [-0.39, 0.29) is 6.85 Å². The number of fused-ring (bicyclic) bond motifs is 6. The van der Waals surface area contributed by atoms with Crippen LogP contribution in [-0.2, 0) is 0 Å². The number of anilines is 2. The van der Waals surface area contributed by atoms with Gasteiger partial charge in [-0.15, -0.1) is 0 Å². The van der Waals surface area contributed by atoms with E-state index in [2.05, 4.69) is 155 Å². The molecular formula is C40H32BN3. The van der Waals surface area contributed by atoms with Crippen LogP contribution in [0.5, 0.6) is 0 Å². The molecule has 0 N–H and O–H groups in total. The molecule has 0 radical (unpaired) electrons. The van der Waals surface area contributed by atoms with Gasteiger partial charge in [-0.05, 0) is 63.1 Å². The van der Waals surface area contributed by atoms with Gasteiger partial charge in [-0.2, -0.15) is 0 Å². The maximum atomic E-state index is 4.25. The van der Waals surface area contributed by atoms with Gasteiger partial charge in [0.2, 0.25) is 0 Å². The first-order chi connectivity index (χ1) is 21.8. The Morgan fingerprint density at radius 2 is 1.16 bits per heavy atom. The quantitative estimate of drug-likeness (QED) is 0.157. The Labute approximate surface area is 259 Å². The first kappa shape index (κ1) is 26.4. The molecule has 2 unspecified atom stereocenters. The molecule has 2 atom stereocenters. The standard InChI is InChI=1S/C40H32BN3/c1-28-38(30-12-4-2-5-13-30)24-41(32-14-6-3-7-15-32)44(33-22-20-29(21-23-33)31-25-42-27-43-26-31)40-37-19-11-9-17-35(37)34-16-8-10-18-36(34)39(28)40/h2-23,25-28,38H,24H2,1H3. The third-order valence-electron chi connectivity index (χ3n) is 9.48. The summed E-state index contributed by atoms with van der Waals surface area (Å²) in [6.45, 7) is 2.57. The summed E-state index contributed by atoms with van der Waals surface area (Å²) in [5.41, 5.74) is 8.77. The van der Waals surface area contributed by atoms with Crippen molar-refractivity contribution in [1.82, 2.24) is 9.97 Å². The van der Waals surface area contributed by atoms with Crippen LogP contribution in [0.4, 0.5) is 11.4 Å². The van der Waals surface area contributed by atoms with Crippen LogP contribution in [0.1, 0.15) is 29.9 Å². The number of benzene rings is 6. The first-order valence-corrected chi connectivity index (χ1v) is 15.5. The molecule has 0 saturated heterocycles. The summed E-state index contributed by atoms with van der Waals surface area (Å²) in [7, 11) is 0. The van der Waals surface area contributed by atoms with E-state index in [1.54, 1.807) is 6.33 Å². The molecule has 0 amide bonds. The fraction of sp³-hybridized carbons (Fsp3) is 0.100. The van der Waals surface area contributed by atoms with Gasteiger partial charge in [-0.1, -0.05) is 134 Å². The van der Waals surface area contributed by atoms with Crippen molar-refractivity contribution in [3.63, 3.8) is 0 Å². The van der Waals surface area contributed by atoms with Crippen molar-refractivity contribution in [3.05, 3.63) is 163 Å². The molecule has 7 aromatic rings. The van der Waals surface area contributed by atoms with Crippen molar-refractivity contribution in [2.75, 3.05) is 4.81 Å². The molecule has 2 heterocycles. The Balaban J connectivity index is 1.45. The SMILES string of the molecule is CC1c2c(c3ccccc3c3ccccc23)N(c2ccc(-c3cncnc3)cc2)B(c2ccccc2)CC1c1ccccc1. The van der Waals surface area contributed by atoms with Gasteiger partial charge in [0.05, 0.1) is 0 Å². The second-order valence-electron chi connectivity index (χ2n) is 11.9. The molecule has 0 saturated carbocycles. The fourth-order valence-electron chi connectivity index (χ4n) is 7.43. The fourth-order valence-corrected chi connectivity index (χ4v) is 7.43. The van der Waals surface area contributed by atoms with Crippen molar-refractivity contribution >= 4 is 45.2 Å². The lowest BCUT2D eigenvalue weighted by Gasteiger charge is -2.34. The van der Waals surface area contributed by atoms with Crippen LogP contribution >= 0.6 is 0 Å². The monoisotopic (exact) mass is 565 g/mol. The van der Waals surface area contributed by atoms with E-state index in [0.717, 1.165) is 17.4 Å². The minimum absolute atomic E-state index is 0.126. The van der Waals surface area contributed by atoms with E-state index in [1.807, 2.05) is 12.4 Å². The van der Waals surface area contributed by atoms with Crippen molar-refractivity contribution in [2.45, 2.75) is 25.1 Å². The van der Waals surface area contributed by atoms with Crippen LogP contribution in [0.3, 0.4) is 0 Å². The largest absolute Gasteiger partial charge is 0.381 e. The Kier molecular flexibility index (Phi) is 6.68.